The Balaban J connectivity index is 3.04. The summed E-state index contributed by atoms with van der Waals surface area (Å²) in [6.07, 6.45) is 1.51. The SMILES string of the molecule is C=C[C@H]1COC(=O)[C@@]1(O)C(=C)C. The van der Waals surface area contributed by atoms with Gasteiger partial charge in [0.2, 0.25) is 0 Å². The van der Waals surface area contributed by atoms with Gasteiger partial charge >= 0.3 is 5.97 Å². The Morgan fingerprint density at radius 3 is 2.83 bits per heavy atom. The molecule has 1 aliphatic heterocycles. The maximum Gasteiger partial charge on any atom is 0.343 e. The van der Waals surface area contributed by atoms with E-state index in [1.54, 1.807) is 6.92 Å². The Morgan fingerprint density at radius 1 is 1.92 bits per heavy atom. The highest BCUT2D eigenvalue weighted by molar-refractivity contribution is 5.85. The third kappa shape index (κ3) is 0.975. The Morgan fingerprint density at radius 2 is 2.50 bits per heavy atom. The standard InChI is InChI=1S/C9H12O3/c1-4-7-5-12-8(10)9(7,11)6(2)3/h4,7,11H,1-2,5H2,3H3/t7-,9+/m0/s1. The van der Waals surface area contributed by atoms with Gasteiger partial charge in [0.15, 0.2) is 5.60 Å². The van der Waals surface area contributed by atoms with Crippen molar-refractivity contribution in [3.63, 3.8) is 0 Å². The zero-order valence-electron chi connectivity index (χ0n) is 7.04. The molecule has 0 aromatic heterocycles. The zero-order chi connectivity index (χ0) is 9.35. The minimum atomic E-state index is -1.55. The number of aliphatic hydroxyl groups is 1. The van der Waals surface area contributed by atoms with Gasteiger partial charge in [0.25, 0.3) is 0 Å². The van der Waals surface area contributed by atoms with Gasteiger partial charge in [-0.3, -0.25) is 0 Å². The fourth-order valence-corrected chi connectivity index (χ4v) is 1.28. The Bertz CT molecular complexity index is 244. The summed E-state index contributed by atoms with van der Waals surface area (Å²) in [5.74, 6) is -0.998. The van der Waals surface area contributed by atoms with Gasteiger partial charge in [0, 0.05) is 0 Å². The monoisotopic (exact) mass is 168 g/mol. The Labute approximate surface area is 71.3 Å². The lowest BCUT2D eigenvalue weighted by molar-refractivity contribution is -0.150. The summed E-state index contributed by atoms with van der Waals surface area (Å²) in [5, 5.41) is 9.85. The van der Waals surface area contributed by atoms with Crippen LogP contribution in [0.1, 0.15) is 6.92 Å². The molecule has 12 heavy (non-hydrogen) atoms. The van der Waals surface area contributed by atoms with Crippen molar-refractivity contribution in [2.75, 3.05) is 6.61 Å². The van der Waals surface area contributed by atoms with Gasteiger partial charge in [-0.2, -0.15) is 0 Å². The maximum absolute atomic E-state index is 11.1. The second kappa shape index (κ2) is 2.75. The summed E-state index contributed by atoms with van der Waals surface area (Å²) in [7, 11) is 0. The molecule has 1 aliphatic rings. The molecule has 1 fully saturated rings. The number of carbonyl (C=O) groups excluding carboxylic acids is 1. The molecule has 0 saturated carbocycles. The third-order valence-corrected chi connectivity index (χ3v) is 2.18. The van der Waals surface area contributed by atoms with Crippen LogP contribution in [0.4, 0.5) is 0 Å². The van der Waals surface area contributed by atoms with Crippen LogP contribution in [0.3, 0.4) is 0 Å². The van der Waals surface area contributed by atoms with Crippen molar-refractivity contribution in [2.24, 2.45) is 5.92 Å². The number of ether oxygens (including phenoxy) is 1. The van der Waals surface area contributed by atoms with E-state index >= 15 is 0 Å². The summed E-state index contributed by atoms with van der Waals surface area (Å²) in [6.45, 7) is 8.87. The van der Waals surface area contributed by atoms with Gasteiger partial charge in [0.1, 0.15) is 6.61 Å². The van der Waals surface area contributed by atoms with E-state index in [0.29, 0.717) is 5.57 Å². The molecule has 1 heterocycles. The molecule has 3 nitrogen and oxygen atoms in total. The first kappa shape index (κ1) is 9.00. The average Bonchev–Trinajstić information content (AvgIpc) is 2.30. The highest BCUT2D eigenvalue weighted by atomic mass is 16.6. The molecule has 0 unspecified atom stereocenters. The van der Waals surface area contributed by atoms with Crippen molar-refractivity contribution in [3.8, 4) is 0 Å². The summed E-state index contributed by atoms with van der Waals surface area (Å²) in [5.41, 5.74) is -1.16. The van der Waals surface area contributed by atoms with E-state index in [9.17, 15) is 9.90 Å². The second-order valence-corrected chi connectivity index (χ2v) is 2.99. The first-order valence-electron chi connectivity index (χ1n) is 3.71. The van der Waals surface area contributed by atoms with Crippen molar-refractivity contribution in [2.45, 2.75) is 12.5 Å². The van der Waals surface area contributed by atoms with Gasteiger partial charge < -0.3 is 9.84 Å². The van der Waals surface area contributed by atoms with Gasteiger partial charge in [-0.1, -0.05) is 12.7 Å². The lowest BCUT2D eigenvalue weighted by Gasteiger charge is -2.22. The van der Waals surface area contributed by atoms with Gasteiger partial charge in [-0.05, 0) is 12.5 Å². The predicted octanol–water partition coefficient (Wildman–Crippen LogP) is 0.653. The molecular formula is C9H12O3. The molecule has 0 aromatic rings. The lowest BCUT2D eigenvalue weighted by Crippen LogP contribution is -2.40. The van der Waals surface area contributed by atoms with E-state index in [4.69, 9.17) is 4.74 Å². The van der Waals surface area contributed by atoms with Crippen LogP contribution in [0, 0.1) is 5.92 Å². The van der Waals surface area contributed by atoms with Crippen LogP contribution in [0.25, 0.3) is 0 Å². The molecule has 1 N–H and O–H groups in total. The number of cyclic esters (lactones) is 1. The van der Waals surface area contributed by atoms with Crippen LogP contribution in [0.15, 0.2) is 24.8 Å². The molecule has 1 rings (SSSR count). The molecule has 0 amide bonds. The van der Waals surface area contributed by atoms with Crippen LogP contribution in [-0.4, -0.2) is 23.3 Å². The highest BCUT2D eigenvalue weighted by Crippen LogP contribution is 2.33. The topological polar surface area (TPSA) is 46.5 Å². The van der Waals surface area contributed by atoms with E-state index in [-0.39, 0.29) is 12.5 Å². The number of rotatable bonds is 2. The fourth-order valence-electron chi connectivity index (χ4n) is 1.28. The molecule has 1 saturated heterocycles. The Kier molecular flexibility index (Phi) is 2.06. The van der Waals surface area contributed by atoms with Crippen molar-refractivity contribution in [1.82, 2.24) is 0 Å². The number of hydrogen-bond acceptors (Lipinski definition) is 3. The van der Waals surface area contributed by atoms with E-state index in [1.807, 2.05) is 0 Å². The van der Waals surface area contributed by atoms with Crippen molar-refractivity contribution in [1.29, 1.82) is 0 Å². The van der Waals surface area contributed by atoms with Crippen LogP contribution < -0.4 is 0 Å². The smallest absolute Gasteiger partial charge is 0.343 e. The van der Waals surface area contributed by atoms with Crippen molar-refractivity contribution < 1.29 is 14.6 Å². The third-order valence-electron chi connectivity index (χ3n) is 2.18. The average molecular weight is 168 g/mol. The van der Waals surface area contributed by atoms with Gasteiger partial charge in [0.05, 0.1) is 5.92 Å². The quantitative estimate of drug-likeness (QED) is 0.486. The molecule has 66 valence electrons. The lowest BCUT2D eigenvalue weighted by atomic mass is 9.85. The normalized spacial score (nSPS) is 34.5. The maximum atomic E-state index is 11.1. The van der Waals surface area contributed by atoms with Gasteiger partial charge in [-0.15, -0.1) is 6.58 Å². The summed E-state index contributed by atoms with van der Waals surface area (Å²) in [4.78, 5) is 11.1. The number of esters is 1. The summed E-state index contributed by atoms with van der Waals surface area (Å²) in [6, 6.07) is 0. The molecule has 0 spiro atoms. The van der Waals surface area contributed by atoms with Crippen LogP contribution in [-0.2, 0) is 9.53 Å². The van der Waals surface area contributed by atoms with E-state index in [2.05, 4.69) is 13.2 Å². The van der Waals surface area contributed by atoms with E-state index < -0.39 is 11.6 Å². The van der Waals surface area contributed by atoms with Crippen LogP contribution in [0.5, 0.6) is 0 Å². The minimum Gasteiger partial charge on any atom is -0.463 e. The highest BCUT2D eigenvalue weighted by Gasteiger charge is 2.50. The molecule has 0 radical (unpaired) electrons. The summed E-state index contributed by atoms with van der Waals surface area (Å²) >= 11 is 0. The first-order valence-corrected chi connectivity index (χ1v) is 3.71. The zero-order valence-corrected chi connectivity index (χ0v) is 7.04. The second-order valence-electron chi connectivity index (χ2n) is 2.99. The molecule has 0 aromatic carbocycles. The van der Waals surface area contributed by atoms with E-state index in [1.165, 1.54) is 6.08 Å². The summed E-state index contributed by atoms with van der Waals surface area (Å²) < 4.78 is 4.71. The minimum absolute atomic E-state index is 0.186. The van der Waals surface area contributed by atoms with Crippen LogP contribution in [0.2, 0.25) is 0 Å². The fraction of sp³-hybridized carbons (Fsp3) is 0.444. The first-order chi connectivity index (χ1) is 5.53. The number of carbonyl (C=O) groups is 1. The van der Waals surface area contributed by atoms with Crippen LogP contribution >= 0.6 is 0 Å². The predicted molar refractivity (Wildman–Crippen MR) is 44.4 cm³/mol. The molecule has 2 atom stereocenters. The van der Waals surface area contributed by atoms with Crippen molar-refractivity contribution in [3.05, 3.63) is 24.8 Å². The molecule has 0 bridgehead atoms. The largest absolute Gasteiger partial charge is 0.463 e. The molecule has 0 aliphatic carbocycles. The molecule has 3 heteroatoms. The van der Waals surface area contributed by atoms with Crippen molar-refractivity contribution >= 4 is 5.97 Å². The van der Waals surface area contributed by atoms with Gasteiger partial charge in [-0.25, -0.2) is 4.79 Å². The number of hydrogen-bond donors (Lipinski definition) is 1. The molecular weight excluding hydrogens is 156 g/mol. The van der Waals surface area contributed by atoms with E-state index in [0.717, 1.165) is 0 Å². The Hall–Kier alpha value is -1.09.